The summed E-state index contributed by atoms with van der Waals surface area (Å²) in [6.45, 7) is 0. The Bertz CT molecular complexity index is 851. The molecule has 0 unspecified atom stereocenters. The van der Waals surface area contributed by atoms with Gasteiger partial charge in [-0.25, -0.2) is 0 Å². The maximum Gasteiger partial charge on any atom is 0.269 e. The second-order valence-electron chi connectivity index (χ2n) is 4.65. The normalized spacial score (nSPS) is 10.3. The first-order valence-electron chi connectivity index (χ1n) is 6.71. The van der Waals surface area contributed by atoms with Crippen LogP contribution in [0.25, 0.3) is 11.3 Å². The van der Waals surface area contributed by atoms with Crippen LogP contribution in [0.5, 0.6) is 5.75 Å². The second-order valence-corrected chi connectivity index (χ2v) is 6.32. The zero-order valence-corrected chi connectivity index (χ0v) is 14.5. The summed E-state index contributed by atoms with van der Waals surface area (Å²) in [7, 11) is 1.60. The summed E-state index contributed by atoms with van der Waals surface area (Å²) < 4.78 is 10.0. The van der Waals surface area contributed by atoms with Crippen molar-refractivity contribution in [3.63, 3.8) is 0 Å². The van der Waals surface area contributed by atoms with Crippen molar-refractivity contribution < 1.29 is 9.53 Å². The molecule has 3 rings (SSSR count). The van der Waals surface area contributed by atoms with Crippen molar-refractivity contribution in [2.75, 3.05) is 12.4 Å². The van der Waals surface area contributed by atoms with Crippen LogP contribution in [0.4, 0.5) is 5.69 Å². The molecule has 0 saturated carbocycles. The van der Waals surface area contributed by atoms with Crippen LogP contribution in [-0.2, 0) is 0 Å². The third-order valence-corrected chi connectivity index (χ3v) is 4.34. The molecule has 0 aliphatic heterocycles. The third kappa shape index (κ3) is 3.57. The fourth-order valence-electron chi connectivity index (χ4n) is 2.05. The average molecular weight is 390 g/mol. The average Bonchev–Trinajstić information content (AvgIpc) is 3.05. The minimum Gasteiger partial charge on any atom is -0.497 e. The number of rotatable bonds is 4. The number of ether oxygens (including phenoxy) is 1. The Kier molecular flexibility index (Phi) is 4.68. The highest BCUT2D eigenvalue weighted by atomic mass is 79.9. The second kappa shape index (κ2) is 6.89. The zero-order chi connectivity index (χ0) is 16.2. The molecule has 1 heterocycles. The third-order valence-electron chi connectivity index (χ3n) is 3.12. The summed E-state index contributed by atoms with van der Waals surface area (Å²) in [5.41, 5.74) is 2.04. The van der Waals surface area contributed by atoms with Crippen molar-refractivity contribution in [3.8, 4) is 17.0 Å². The fourth-order valence-corrected chi connectivity index (χ4v) is 3.04. The molecule has 1 aromatic heterocycles. The molecular weight excluding hydrogens is 378 g/mol. The molecule has 1 amide bonds. The Hall–Kier alpha value is -2.25. The van der Waals surface area contributed by atoms with Gasteiger partial charge in [-0.1, -0.05) is 38.6 Å². The molecule has 5 nitrogen and oxygen atoms in total. The van der Waals surface area contributed by atoms with E-state index in [1.807, 2.05) is 48.5 Å². The summed E-state index contributed by atoms with van der Waals surface area (Å²) in [6.07, 6.45) is 0. The van der Waals surface area contributed by atoms with E-state index in [9.17, 15) is 4.79 Å². The molecule has 0 aliphatic rings. The predicted molar refractivity (Wildman–Crippen MR) is 94.0 cm³/mol. The maximum atomic E-state index is 12.5. The van der Waals surface area contributed by atoms with E-state index in [0.29, 0.717) is 22.0 Å². The molecule has 0 aliphatic carbocycles. The van der Waals surface area contributed by atoms with E-state index in [4.69, 9.17) is 4.74 Å². The van der Waals surface area contributed by atoms with E-state index in [1.165, 1.54) is 0 Å². The molecule has 23 heavy (non-hydrogen) atoms. The maximum absolute atomic E-state index is 12.5. The van der Waals surface area contributed by atoms with Gasteiger partial charge in [0.1, 0.15) is 16.3 Å². The lowest BCUT2D eigenvalue weighted by atomic mass is 10.1. The van der Waals surface area contributed by atoms with Crippen LogP contribution in [0.15, 0.2) is 53.0 Å². The molecular formula is C16H12BrN3O2S. The van der Waals surface area contributed by atoms with Gasteiger partial charge in [0.25, 0.3) is 5.91 Å². The topological polar surface area (TPSA) is 64.1 Å². The highest BCUT2D eigenvalue weighted by Gasteiger charge is 2.18. The monoisotopic (exact) mass is 389 g/mol. The van der Waals surface area contributed by atoms with Gasteiger partial charge in [0, 0.05) is 15.7 Å². The highest BCUT2D eigenvalue weighted by Crippen LogP contribution is 2.28. The van der Waals surface area contributed by atoms with Crippen molar-refractivity contribution >= 4 is 39.1 Å². The van der Waals surface area contributed by atoms with Gasteiger partial charge in [0.15, 0.2) is 0 Å². The van der Waals surface area contributed by atoms with Crippen LogP contribution in [-0.4, -0.2) is 22.6 Å². The van der Waals surface area contributed by atoms with Gasteiger partial charge in [0.2, 0.25) is 0 Å². The van der Waals surface area contributed by atoms with Crippen molar-refractivity contribution in [2.45, 2.75) is 0 Å². The van der Waals surface area contributed by atoms with E-state index < -0.39 is 0 Å². The van der Waals surface area contributed by atoms with Gasteiger partial charge >= 0.3 is 0 Å². The van der Waals surface area contributed by atoms with E-state index in [0.717, 1.165) is 21.6 Å². The van der Waals surface area contributed by atoms with E-state index in [-0.39, 0.29) is 5.91 Å². The van der Waals surface area contributed by atoms with Gasteiger partial charge in [-0.15, -0.1) is 5.10 Å². The van der Waals surface area contributed by atoms with Crippen LogP contribution in [0.1, 0.15) is 9.67 Å². The standard InChI is InChI=1S/C16H12BrN3O2S/c1-22-13-7-2-4-10(8-13)14-15(23-20-19-14)16(21)18-12-6-3-5-11(17)9-12/h2-9H,1H3,(H,18,21). The summed E-state index contributed by atoms with van der Waals surface area (Å²) in [6, 6.07) is 14.8. The van der Waals surface area contributed by atoms with Crippen molar-refractivity contribution in [3.05, 3.63) is 57.9 Å². The molecule has 116 valence electrons. The minimum atomic E-state index is -0.240. The molecule has 7 heteroatoms. The first-order chi connectivity index (χ1) is 11.2. The fraction of sp³-hybridized carbons (Fsp3) is 0.0625. The summed E-state index contributed by atoms with van der Waals surface area (Å²) in [5, 5.41) is 6.94. The molecule has 0 spiro atoms. The molecule has 3 aromatic rings. The summed E-state index contributed by atoms with van der Waals surface area (Å²) >= 11 is 4.44. The molecule has 0 saturated heterocycles. The number of carbonyl (C=O) groups excluding carboxylic acids is 1. The Morgan fingerprint density at radius 3 is 2.83 bits per heavy atom. The predicted octanol–water partition coefficient (Wildman–Crippen LogP) is 4.23. The smallest absolute Gasteiger partial charge is 0.269 e. The number of amides is 1. The largest absolute Gasteiger partial charge is 0.497 e. The molecule has 2 aromatic carbocycles. The van der Waals surface area contributed by atoms with Crippen molar-refractivity contribution in [1.29, 1.82) is 0 Å². The number of hydrogen-bond acceptors (Lipinski definition) is 5. The lowest BCUT2D eigenvalue weighted by Gasteiger charge is -2.06. The lowest BCUT2D eigenvalue weighted by molar-refractivity contribution is 0.103. The number of nitrogens with one attached hydrogen (secondary N) is 1. The number of carbonyl (C=O) groups is 1. The summed E-state index contributed by atoms with van der Waals surface area (Å²) in [5.74, 6) is 0.463. The number of methoxy groups -OCH3 is 1. The van der Waals surface area contributed by atoms with E-state index in [2.05, 4.69) is 30.8 Å². The quantitative estimate of drug-likeness (QED) is 0.724. The molecule has 1 N–H and O–H groups in total. The number of hydrogen-bond donors (Lipinski definition) is 1. The van der Waals surface area contributed by atoms with Crippen LogP contribution in [0, 0.1) is 0 Å². The van der Waals surface area contributed by atoms with Gasteiger partial charge in [-0.2, -0.15) is 0 Å². The number of halogens is 1. The molecule has 0 bridgehead atoms. The number of anilines is 1. The van der Waals surface area contributed by atoms with Crippen LogP contribution < -0.4 is 10.1 Å². The Morgan fingerprint density at radius 1 is 1.22 bits per heavy atom. The Balaban J connectivity index is 1.89. The van der Waals surface area contributed by atoms with Crippen molar-refractivity contribution in [2.24, 2.45) is 0 Å². The van der Waals surface area contributed by atoms with Crippen LogP contribution in [0.3, 0.4) is 0 Å². The van der Waals surface area contributed by atoms with E-state index in [1.54, 1.807) is 7.11 Å². The van der Waals surface area contributed by atoms with Gasteiger partial charge < -0.3 is 10.1 Å². The molecule has 0 fully saturated rings. The highest BCUT2D eigenvalue weighted by molar-refractivity contribution is 9.10. The zero-order valence-electron chi connectivity index (χ0n) is 12.1. The van der Waals surface area contributed by atoms with E-state index >= 15 is 0 Å². The number of nitrogens with zero attached hydrogens (tertiary/aromatic N) is 2. The summed E-state index contributed by atoms with van der Waals surface area (Å²) in [4.78, 5) is 13.0. The van der Waals surface area contributed by atoms with Gasteiger partial charge in [-0.05, 0) is 41.9 Å². The number of aromatic nitrogens is 2. The van der Waals surface area contributed by atoms with Gasteiger partial charge in [0.05, 0.1) is 7.11 Å². The van der Waals surface area contributed by atoms with Crippen LogP contribution in [0.2, 0.25) is 0 Å². The Morgan fingerprint density at radius 2 is 2.04 bits per heavy atom. The number of benzene rings is 2. The molecule has 0 atom stereocenters. The minimum absolute atomic E-state index is 0.240. The molecule has 0 radical (unpaired) electrons. The SMILES string of the molecule is COc1cccc(-c2nnsc2C(=O)Nc2cccc(Br)c2)c1. The first-order valence-corrected chi connectivity index (χ1v) is 8.27. The van der Waals surface area contributed by atoms with Gasteiger partial charge in [-0.3, -0.25) is 4.79 Å². The first kappa shape index (κ1) is 15.6. The van der Waals surface area contributed by atoms with Crippen molar-refractivity contribution in [1.82, 2.24) is 9.59 Å². The van der Waals surface area contributed by atoms with Crippen LogP contribution >= 0.6 is 27.5 Å². The lowest BCUT2D eigenvalue weighted by Crippen LogP contribution is -2.11. The Labute approximate surface area is 145 Å².